The van der Waals surface area contributed by atoms with E-state index in [0.29, 0.717) is 0 Å². The molecule has 0 bridgehead atoms. The van der Waals surface area contributed by atoms with Gasteiger partial charge in [0, 0.05) is 84.2 Å². The van der Waals surface area contributed by atoms with Crippen LogP contribution in [0.1, 0.15) is 0 Å². The molecule has 0 saturated heterocycles. The topological polar surface area (TPSA) is 38.2 Å². The standard InChI is InChI=1S/C112H74N4O2Si2/c1-7-27-84(28-8-1)113-68-67-83-70-78(52-61-99(83)113)79-53-62-102-106(71-79)119(88-33-13-4-14-34-88,89-35-15-5-16-36-89)107-73-81(55-64-103(107)117-102)94-43-25-45-98-96-40-20-22-47-101(96)116(112(94)98)87-57-48-75(49-58-87)76-50-59-91(60-51-76)120(90-37-17-6-18-38-90)108-72-80(92-41-23-26-77-66-69-114(110(77)92)85-29-9-2-10-30-85)54-63-104(108)118-105-65-56-82(74-109(105)120)93-42-24-44-97-95-39-19-21-46-100(95)115(111(93)97)86-31-11-3-12-32-86/h1-74H. The number of fused-ring (bicyclic) bond motifs is 12. The van der Waals surface area contributed by atoms with Crippen LogP contribution in [0.2, 0.25) is 0 Å². The fraction of sp³-hybridized carbons (Fsp3) is 0. The molecular weight excluding hydrogens is 1490 g/mol. The molecule has 6 heterocycles. The van der Waals surface area contributed by atoms with Gasteiger partial charge in [0.1, 0.15) is 23.0 Å². The van der Waals surface area contributed by atoms with Crippen molar-refractivity contribution in [2.75, 3.05) is 0 Å². The van der Waals surface area contributed by atoms with Crippen LogP contribution in [0.3, 0.4) is 0 Å². The molecule has 0 amide bonds. The van der Waals surface area contributed by atoms with Gasteiger partial charge in [0.2, 0.25) is 0 Å². The highest BCUT2D eigenvalue weighted by Crippen LogP contribution is 2.45. The van der Waals surface area contributed by atoms with E-state index in [0.717, 1.165) is 118 Å². The maximum Gasteiger partial charge on any atom is 0.188 e. The Balaban J connectivity index is 0.649. The van der Waals surface area contributed by atoms with E-state index in [1.54, 1.807) is 0 Å². The third kappa shape index (κ3) is 10.7. The largest absolute Gasteiger partial charge is 0.458 e. The van der Waals surface area contributed by atoms with Gasteiger partial charge >= 0.3 is 0 Å². The summed E-state index contributed by atoms with van der Waals surface area (Å²) in [6, 6.07) is 162. The molecule has 22 aromatic rings. The SMILES string of the molecule is c1ccc(-n2ccc3cc(-c4ccc5c(c4)[Si](c4ccccc4)(c4ccccc4)c4cc(-c6cccc7c8ccccc8n(-c8ccc(-c9ccc([Si]%10(c%11ccccc%11)c%11cc(-c%12cccc%13ccn(-c%14ccccc%14)c%12%13)ccc%11Oc%11ccc(-c%12cccc%13c%14ccccc%14n(-c%14ccccc%14)c%12%13)cc%11%10)cc9)cc8)c67)ccc4O5)ccc32)cc1. The molecule has 2 aliphatic heterocycles. The summed E-state index contributed by atoms with van der Waals surface area (Å²) in [5, 5.41) is 17.1. The van der Waals surface area contributed by atoms with Crippen LogP contribution in [-0.2, 0) is 0 Å². The summed E-state index contributed by atoms with van der Waals surface area (Å²) >= 11 is 0. The molecule has 0 aliphatic carbocycles. The zero-order valence-electron chi connectivity index (χ0n) is 65.3. The summed E-state index contributed by atoms with van der Waals surface area (Å²) in [6.07, 6.45) is 4.38. The Hall–Kier alpha value is -15.3. The molecule has 24 rings (SSSR count). The van der Waals surface area contributed by atoms with Gasteiger partial charge in [-0.3, -0.25) is 0 Å². The van der Waals surface area contributed by atoms with Gasteiger partial charge < -0.3 is 27.7 Å². The number of rotatable bonds is 13. The molecule has 120 heavy (non-hydrogen) atoms. The van der Waals surface area contributed by atoms with Crippen molar-refractivity contribution in [3.8, 4) is 101 Å². The lowest BCUT2D eigenvalue weighted by molar-refractivity contribution is 0.487. The van der Waals surface area contributed by atoms with E-state index in [1.165, 1.54) is 90.4 Å². The zero-order chi connectivity index (χ0) is 79.0. The van der Waals surface area contributed by atoms with Crippen molar-refractivity contribution in [2.24, 2.45) is 0 Å². The first-order chi connectivity index (χ1) is 59.5. The average Bonchev–Trinajstić information content (AvgIpc) is 0.972. The van der Waals surface area contributed by atoms with E-state index < -0.39 is 16.1 Å². The van der Waals surface area contributed by atoms with Gasteiger partial charge in [-0.25, -0.2) is 0 Å². The van der Waals surface area contributed by atoms with E-state index in [9.17, 15) is 0 Å². The summed E-state index contributed by atoms with van der Waals surface area (Å²) in [5.41, 5.74) is 22.8. The number of para-hydroxylation sites is 8. The van der Waals surface area contributed by atoms with Crippen LogP contribution in [0.25, 0.3) is 144 Å². The minimum atomic E-state index is -3.41. The molecule has 0 N–H and O–H groups in total. The summed E-state index contributed by atoms with van der Waals surface area (Å²) < 4.78 is 24.2. The van der Waals surface area contributed by atoms with Crippen molar-refractivity contribution in [2.45, 2.75) is 0 Å². The molecular formula is C112H74N4O2Si2. The predicted molar refractivity (Wildman–Crippen MR) is 503 cm³/mol. The molecule has 8 heteroatoms. The number of nitrogens with zero attached hydrogens (tertiary/aromatic N) is 4. The molecule has 562 valence electrons. The first-order valence-electron chi connectivity index (χ1n) is 41.2. The van der Waals surface area contributed by atoms with Crippen LogP contribution in [0.4, 0.5) is 0 Å². The normalized spacial score (nSPS) is 13.9. The van der Waals surface area contributed by atoms with Gasteiger partial charge in [-0.05, 0) is 190 Å². The van der Waals surface area contributed by atoms with Gasteiger partial charge in [-0.1, -0.05) is 328 Å². The fourth-order valence-electron chi connectivity index (χ4n) is 20.2. The maximum absolute atomic E-state index is 7.40. The summed E-state index contributed by atoms with van der Waals surface area (Å²) in [7, 11) is -6.61. The molecule has 0 spiro atoms. The molecule has 1 unspecified atom stereocenters. The van der Waals surface area contributed by atoms with Crippen molar-refractivity contribution in [1.82, 2.24) is 18.3 Å². The van der Waals surface area contributed by atoms with Crippen LogP contribution in [0.5, 0.6) is 23.0 Å². The highest BCUT2D eigenvalue weighted by molar-refractivity contribution is 7.21. The van der Waals surface area contributed by atoms with Gasteiger partial charge in [-0.2, -0.15) is 0 Å². The van der Waals surface area contributed by atoms with E-state index in [-0.39, 0.29) is 0 Å². The monoisotopic (exact) mass is 1560 g/mol. The van der Waals surface area contributed by atoms with E-state index >= 15 is 0 Å². The third-order valence-electron chi connectivity index (χ3n) is 25.5. The Morgan fingerprint density at radius 1 is 0.192 bits per heavy atom. The van der Waals surface area contributed by atoms with Crippen LogP contribution in [0, 0.1) is 0 Å². The van der Waals surface area contributed by atoms with Gasteiger partial charge in [0.25, 0.3) is 0 Å². The van der Waals surface area contributed by atoms with Crippen LogP contribution >= 0.6 is 0 Å². The molecule has 2 aliphatic rings. The van der Waals surface area contributed by atoms with Crippen molar-refractivity contribution in [3.05, 3.63) is 449 Å². The number of hydrogen-bond acceptors (Lipinski definition) is 2. The Kier molecular flexibility index (Phi) is 15.9. The molecule has 4 aromatic heterocycles. The highest BCUT2D eigenvalue weighted by Gasteiger charge is 2.50. The molecule has 1 atom stereocenters. The Labute approximate surface area is 696 Å². The van der Waals surface area contributed by atoms with Crippen molar-refractivity contribution >= 4 is 123 Å². The zero-order valence-corrected chi connectivity index (χ0v) is 67.3. The minimum absolute atomic E-state index is 0.869. The quantitative estimate of drug-likeness (QED) is 0.108. The number of ether oxygens (including phenoxy) is 2. The maximum atomic E-state index is 7.40. The Morgan fingerprint density at radius 3 is 1.01 bits per heavy atom. The third-order valence-corrected chi connectivity index (χ3v) is 35.1. The smallest absolute Gasteiger partial charge is 0.188 e. The lowest BCUT2D eigenvalue weighted by Crippen LogP contribution is -2.76. The van der Waals surface area contributed by atoms with Crippen molar-refractivity contribution in [1.29, 1.82) is 0 Å². The van der Waals surface area contributed by atoms with E-state index in [1.807, 2.05) is 0 Å². The first kappa shape index (κ1) is 69.0. The van der Waals surface area contributed by atoms with Crippen LogP contribution in [-0.4, -0.2) is 34.4 Å². The summed E-state index contributed by atoms with van der Waals surface area (Å²) in [4.78, 5) is 0. The molecule has 0 saturated carbocycles. The molecule has 0 fully saturated rings. The van der Waals surface area contributed by atoms with Gasteiger partial charge in [0.15, 0.2) is 16.1 Å². The van der Waals surface area contributed by atoms with E-state index in [2.05, 4.69) is 467 Å². The van der Waals surface area contributed by atoms with Crippen molar-refractivity contribution in [3.63, 3.8) is 0 Å². The second kappa shape index (κ2) is 27.7. The van der Waals surface area contributed by atoms with Crippen molar-refractivity contribution < 1.29 is 9.47 Å². The number of aromatic nitrogens is 4. The van der Waals surface area contributed by atoms with Gasteiger partial charge in [-0.15, -0.1) is 0 Å². The number of hydrogen-bond donors (Lipinski definition) is 0. The van der Waals surface area contributed by atoms with Crippen LogP contribution in [0.15, 0.2) is 449 Å². The second-order valence-electron chi connectivity index (χ2n) is 31.8. The fourth-order valence-corrected chi connectivity index (χ4v) is 30.2. The molecule has 0 radical (unpaired) electrons. The number of benzene rings is 18. The predicted octanol–water partition coefficient (Wildman–Crippen LogP) is 23.1. The molecule has 18 aromatic carbocycles. The summed E-state index contributed by atoms with van der Waals surface area (Å²) in [5.74, 6) is 3.52. The first-order valence-corrected chi connectivity index (χ1v) is 45.2. The summed E-state index contributed by atoms with van der Waals surface area (Å²) in [6.45, 7) is 0. The average molecular weight is 1560 g/mol. The van der Waals surface area contributed by atoms with E-state index in [4.69, 9.17) is 9.47 Å². The Bertz CT molecular complexity index is 7770. The van der Waals surface area contributed by atoms with Crippen LogP contribution < -0.4 is 51.0 Å². The Morgan fingerprint density at radius 2 is 0.525 bits per heavy atom. The minimum Gasteiger partial charge on any atom is -0.458 e. The highest BCUT2D eigenvalue weighted by atomic mass is 28.3. The lowest BCUT2D eigenvalue weighted by atomic mass is 10.0. The van der Waals surface area contributed by atoms with Gasteiger partial charge in [0.05, 0.1) is 33.1 Å². The molecule has 6 nitrogen and oxygen atoms in total. The lowest BCUT2D eigenvalue weighted by Gasteiger charge is -2.40. The second-order valence-corrected chi connectivity index (χ2v) is 39.2.